The number of fused-ring (bicyclic) bond motifs is 3. The molecule has 0 amide bonds. The number of rotatable bonds is 2. The number of esters is 2. The van der Waals surface area contributed by atoms with Crippen LogP contribution in [0.25, 0.3) is 16.5 Å². The first kappa shape index (κ1) is 13.4. The van der Waals surface area contributed by atoms with Crippen molar-refractivity contribution in [1.82, 2.24) is 4.57 Å². The van der Waals surface area contributed by atoms with E-state index in [2.05, 4.69) is 0 Å². The minimum atomic E-state index is -0.427. The number of ether oxygens (including phenoxy) is 2. The van der Waals surface area contributed by atoms with Gasteiger partial charge in [-0.25, -0.2) is 9.59 Å². The molecule has 0 fully saturated rings. The lowest BCUT2D eigenvalue weighted by atomic mass is 10.0. The van der Waals surface area contributed by atoms with Crippen molar-refractivity contribution in [2.24, 2.45) is 7.05 Å². The van der Waals surface area contributed by atoms with Gasteiger partial charge in [-0.1, -0.05) is 18.2 Å². The van der Waals surface area contributed by atoms with Gasteiger partial charge in [0.05, 0.1) is 6.61 Å². The van der Waals surface area contributed by atoms with Crippen LogP contribution in [0.3, 0.4) is 0 Å². The third-order valence-corrected chi connectivity index (χ3v) is 3.56. The van der Waals surface area contributed by atoms with E-state index in [1.54, 1.807) is 11.5 Å². The van der Waals surface area contributed by atoms with Gasteiger partial charge >= 0.3 is 11.9 Å². The number of benzene rings is 1. The molecule has 5 heteroatoms. The van der Waals surface area contributed by atoms with E-state index in [0.29, 0.717) is 17.9 Å². The van der Waals surface area contributed by atoms with Gasteiger partial charge in [0.15, 0.2) is 0 Å². The molecule has 0 radical (unpaired) electrons. The second-order valence-corrected chi connectivity index (χ2v) is 4.80. The Bertz CT molecular complexity index is 770. The average Bonchev–Trinajstić information content (AvgIpc) is 2.78. The molecule has 5 nitrogen and oxygen atoms in total. The second kappa shape index (κ2) is 5.09. The molecule has 0 saturated carbocycles. The summed E-state index contributed by atoms with van der Waals surface area (Å²) in [6.45, 7) is 2.14. The lowest BCUT2D eigenvalue weighted by Crippen LogP contribution is -2.19. The van der Waals surface area contributed by atoms with Crippen molar-refractivity contribution < 1.29 is 19.1 Å². The van der Waals surface area contributed by atoms with Crippen molar-refractivity contribution in [2.75, 3.05) is 13.2 Å². The molecule has 1 aromatic heterocycles. The smallest absolute Gasteiger partial charge is 0.355 e. The summed E-state index contributed by atoms with van der Waals surface area (Å²) in [6, 6.07) is 7.69. The Morgan fingerprint density at radius 2 is 2.19 bits per heavy atom. The summed E-state index contributed by atoms with van der Waals surface area (Å²) in [4.78, 5) is 23.7. The fraction of sp³-hybridized carbons (Fsp3) is 0.250. The fourth-order valence-corrected chi connectivity index (χ4v) is 2.68. The topological polar surface area (TPSA) is 57.5 Å². The average molecular weight is 285 g/mol. The van der Waals surface area contributed by atoms with E-state index in [0.717, 1.165) is 16.5 Å². The van der Waals surface area contributed by atoms with Crippen LogP contribution in [0, 0.1) is 0 Å². The maximum absolute atomic E-state index is 12.0. The molecule has 0 N–H and O–H groups in total. The van der Waals surface area contributed by atoms with E-state index in [9.17, 15) is 9.59 Å². The quantitative estimate of drug-likeness (QED) is 0.627. The van der Waals surface area contributed by atoms with Crippen molar-refractivity contribution >= 4 is 28.4 Å². The highest BCUT2D eigenvalue weighted by Gasteiger charge is 2.29. The minimum absolute atomic E-state index is 0.0820. The molecule has 108 valence electrons. The van der Waals surface area contributed by atoms with E-state index >= 15 is 0 Å². The summed E-state index contributed by atoms with van der Waals surface area (Å²) >= 11 is 0. The van der Waals surface area contributed by atoms with Crippen LogP contribution in [0.15, 0.2) is 30.3 Å². The fourth-order valence-electron chi connectivity index (χ4n) is 2.68. The molecule has 0 saturated heterocycles. The normalized spacial score (nSPS) is 15.9. The summed E-state index contributed by atoms with van der Waals surface area (Å²) in [5.41, 5.74) is 2.83. The molecule has 3 rings (SSSR count). The van der Waals surface area contributed by atoms with Crippen LogP contribution in [0.5, 0.6) is 0 Å². The maximum atomic E-state index is 12.0. The summed E-state index contributed by atoms with van der Waals surface area (Å²) in [5, 5.41) is 0.933. The molecule has 0 aliphatic carbocycles. The van der Waals surface area contributed by atoms with Crippen molar-refractivity contribution in [2.45, 2.75) is 6.92 Å². The van der Waals surface area contributed by atoms with Gasteiger partial charge in [-0.2, -0.15) is 0 Å². The highest BCUT2D eigenvalue weighted by Crippen LogP contribution is 2.34. The Kier molecular flexibility index (Phi) is 3.25. The van der Waals surface area contributed by atoms with Gasteiger partial charge < -0.3 is 14.0 Å². The van der Waals surface area contributed by atoms with Gasteiger partial charge in [-0.15, -0.1) is 0 Å². The third kappa shape index (κ3) is 2.11. The number of para-hydroxylation sites is 1. The molecular weight excluding hydrogens is 270 g/mol. The molecule has 0 bridgehead atoms. The highest BCUT2D eigenvalue weighted by atomic mass is 16.5. The van der Waals surface area contributed by atoms with Crippen LogP contribution in [0.4, 0.5) is 0 Å². The van der Waals surface area contributed by atoms with Crippen molar-refractivity contribution in [3.8, 4) is 0 Å². The number of aromatic nitrogens is 1. The lowest BCUT2D eigenvalue weighted by molar-refractivity contribution is -0.137. The molecule has 0 atom stereocenters. The Labute approximate surface area is 121 Å². The summed E-state index contributed by atoms with van der Waals surface area (Å²) in [7, 11) is 1.82. The Balaban J connectivity index is 2.24. The zero-order valence-electron chi connectivity index (χ0n) is 11.9. The molecule has 1 aliphatic heterocycles. The number of hydrogen-bond acceptors (Lipinski definition) is 4. The number of hydrogen-bond donors (Lipinski definition) is 0. The van der Waals surface area contributed by atoms with E-state index in [1.165, 1.54) is 6.08 Å². The minimum Gasteiger partial charge on any atom is -0.463 e. The molecule has 0 unspecified atom stereocenters. The monoisotopic (exact) mass is 285 g/mol. The zero-order chi connectivity index (χ0) is 15.0. The molecule has 21 heavy (non-hydrogen) atoms. The zero-order valence-corrected chi connectivity index (χ0v) is 11.9. The van der Waals surface area contributed by atoms with E-state index in [1.807, 2.05) is 31.3 Å². The van der Waals surface area contributed by atoms with E-state index in [4.69, 9.17) is 9.47 Å². The van der Waals surface area contributed by atoms with Gasteiger partial charge in [-0.05, 0) is 13.0 Å². The predicted octanol–water partition coefficient (Wildman–Crippen LogP) is 2.30. The van der Waals surface area contributed by atoms with Crippen molar-refractivity contribution in [1.29, 1.82) is 0 Å². The van der Waals surface area contributed by atoms with Crippen molar-refractivity contribution in [3.63, 3.8) is 0 Å². The van der Waals surface area contributed by atoms with Crippen LogP contribution in [-0.2, 0) is 21.3 Å². The number of aryl methyl sites for hydroxylation is 1. The molecule has 0 spiro atoms. The van der Waals surface area contributed by atoms with Crippen LogP contribution >= 0.6 is 0 Å². The number of cyclic esters (lactones) is 1. The standard InChI is InChI=1S/C16H15NO4/c1-3-20-13(18)8-10-9-21-16(19)15-14(10)11-6-4-5-7-12(11)17(15)2/h4-8H,3,9H2,1-2H3/b10-8+. The SMILES string of the molecule is CCOC(=O)/C=C1\COC(=O)c2c1c1ccccc1n2C. The number of carbonyl (C=O) groups excluding carboxylic acids is 2. The first-order valence-electron chi connectivity index (χ1n) is 6.75. The Hall–Kier alpha value is -2.56. The Morgan fingerprint density at radius 3 is 2.95 bits per heavy atom. The van der Waals surface area contributed by atoms with Crippen molar-refractivity contribution in [3.05, 3.63) is 41.6 Å². The van der Waals surface area contributed by atoms with Gasteiger partial charge in [0.2, 0.25) is 0 Å². The van der Waals surface area contributed by atoms with Gasteiger partial charge in [0, 0.05) is 35.2 Å². The van der Waals surface area contributed by atoms with Crippen LogP contribution in [0.2, 0.25) is 0 Å². The number of carbonyl (C=O) groups is 2. The number of nitrogens with zero attached hydrogens (tertiary/aromatic N) is 1. The molecule has 2 aromatic rings. The van der Waals surface area contributed by atoms with Crippen LogP contribution in [0.1, 0.15) is 23.0 Å². The highest BCUT2D eigenvalue weighted by molar-refractivity contribution is 6.10. The third-order valence-electron chi connectivity index (χ3n) is 3.56. The maximum Gasteiger partial charge on any atom is 0.355 e. The van der Waals surface area contributed by atoms with E-state index < -0.39 is 5.97 Å². The summed E-state index contributed by atoms with van der Waals surface area (Å²) < 4.78 is 11.9. The molecular formula is C16H15NO4. The molecule has 1 aliphatic rings. The molecule has 1 aromatic carbocycles. The van der Waals surface area contributed by atoms with Crippen LogP contribution < -0.4 is 0 Å². The lowest BCUT2D eigenvalue weighted by Gasteiger charge is -2.16. The molecule has 2 heterocycles. The van der Waals surface area contributed by atoms with Gasteiger partial charge in [-0.3, -0.25) is 0 Å². The predicted molar refractivity (Wildman–Crippen MR) is 77.8 cm³/mol. The van der Waals surface area contributed by atoms with Gasteiger partial charge in [0.25, 0.3) is 0 Å². The Morgan fingerprint density at radius 1 is 1.43 bits per heavy atom. The first-order valence-corrected chi connectivity index (χ1v) is 6.75. The van der Waals surface area contributed by atoms with E-state index in [-0.39, 0.29) is 12.6 Å². The van der Waals surface area contributed by atoms with Gasteiger partial charge in [0.1, 0.15) is 12.3 Å². The first-order chi connectivity index (χ1) is 10.1. The second-order valence-electron chi connectivity index (χ2n) is 4.80. The van der Waals surface area contributed by atoms with Crippen LogP contribution in [-0.4, -0.2) is 29.7 Å². The summed E-state index contributed by atoms with van der Waals surface area (Å²) in [6.07, 6.45) is 1.40. The largest absolute Gasteiger partial charge is 0.463 e. The summed E-state index contributed by atoms with van der Waals surface area (Å²) in [5.74, 6) is -0.797.